The number of guanidine groups is 2. The third-order valence-electron chi connectivity index (χ3n) is 3.18. The van der Waals surface area contributed by atoms with Gasteiger partial charge < -0.3 is 11.5 Å². The van der Waals surface area contributed by atoms with Crippen molar-refractivity contribution < 1.29 is 0 Å². The zero-order chi connectivity index (χ0) is 20.2. The Labute approximate surface area is 172 Å². The maximum atomic E-state index is 5.79. The first kappa shape index (κ1) is 21.3. The Bertz CT molecular complexity index is 819. The van der Waals surface area contributed by atoms with Gasteiger partial charge in [0.15, 0.2) is 0 Å². The second kappa shape index (κ2) is 11.7. The van der Waals surface area contributed by atoms with Crippen molar-refractivity contribution in [2.75, 3.05) is 12.5 Å². The number of hydrazone groups is 2. The van der Waals surface area contributed by atoms with E-state index >= 15 is 0 Å². The molecule has 0 spiro atoms. The molecule has 2 rings (SSSR count). The summed E-state index contributed by atoms with van der Waals surface area (Å²) >= 11 is 3.27. The van der Waals surface area contributed by atoms with Gasteiger partial charge in [-0.05, 0) is 48.9 Å². The van der Waals surface area contributed by atoms with Crippen LogP contribution in [0.25, 0.3) is 0 Å². The number of nitrogens with one attached hydrogen (secondary N) is 2. The lowest BCUT2D eigenvalue weighted by Gasteiger charge is -2.01. The molecule has 8 nitrogen and oxygen atoms in total. The summed E-state index contributed by atoms with van der Waals surface area (Å²) in [5, 5.41) is 7.81. The van der Waals surface area contributed by atoms with Crippen LogP contribution < -0.4 is 22.3 Å². The van der Waals surface area contributed by atoms with E-state index in [4.69, 9.17) is 11.5 Å². The average molecular weight is 415 g/mol. The van der Waals surface area contributed by atoms with E-state index in [-0.39, 0.29) is 11.9 Å². The number of rotatable bonds is 7. The van der Waals surface area contributed by atoms with Gasteiger partial charge in [0.25, 0.3) is 0 Å². The van der Waals surface area contributed by atoms with Crippen molar-refractivity contribution in [3.8, 4) is 0 Å². The summed E-state index contributed by atoms with van der Waals surface area (Å²) in [6, 6.07) is 15.4. The molecule has 0 atom stereocenters. The van der Waals surface area contributed by atoms with E-state index in [0.717, 1.165) is 21.2 Å². The number of hydrogen-bond donors (Lipinski definition) is 4. The average Bonchev–Trinajstić information content (AvgIpc) is 2.70. The minimum Gasteiger partial charge on any atom is -0.368 e. The van der Waals surface area contributed by atoms with Crippen molar-refractivity contribution in [1.29, 1.82) is 0 Å². The Morgan fingerprint density at radius 2 is 1.21 bits per heavy atom. The van der Waals surface area contributed by atoms with Crippen LogP contribution in [0.5, 0.6) is 0 Å². The number of nitrogens with two attached hydrogens (primary N) is 2. The summed E-state index contributed by atoms with van der Waals surface area (Å²) in [6.07, 6.45) is 6.83. The number of benzene rings is 2. The van der Waals surface area contributed by atoms with Gasteiger partial charge in [0.05, 0.1) is 23.8 Å². The van der Waals surface area contributed by atoms with Crippen molar-refractivity contribution in [2.45, 2.75) is 9.79 Å². The van der Waals surface area contributed by atoms with Gasteiger partial charge in [0.1, 0.15) is 0 Å². The zero-order valence-corrected chi connectivity index (χ0v) is 17.2. The Balaban J connectivity index is 1.82. The quantitative estimate of drug-likeness (QED) is 0.239. The number of thioether (sulfide) groups is 2. The molecule has 0 amide bonds. The first-order chi connectivity index (χ1) is 13.6. The molecule has 28 heavy (non-hydrogen) atoms. The number of nitrogens with zero attached hydrogens (tertiary/aromatic N) is 4. The van der Waals surface area contributed by atoms with Gasteiger partial charge in [-0.3, -0.25) is 0 Å². The highest BCUT2D eigenvalue weighted by molar-refractivity contribution is 7.98. The Hall–Kier alpha value is -2.98. The van der Waals surface area contributed by atoms with Gasteiger partial charge in [-0.25, -0.2) is 20.8 Å². The Morgan fingerprint density at radius 1 is 0.786 bits per heavy atom. The monoisotopic (exact) mass is 414 g/mol. The van der Waals surface area contributed by atoms with Gasteiger partial charge >= 0.3 is 0 Å². The van der Waals surface area contributed by atoms with E-state index in [2.05, 4.69) is 31.0 Å². The molecule has 0 bridgehead atoms. The largest absolute Gasteiger partial charge is 0.368 e. The highest BCUT2D eigenvalue weighted by Gasteiger charge is 1.95. The summed E-state index contributed by atoms with van der Waals surface area (Å²) in [7, 11) is 0. The van der Waals surface area contributed by atoms with Crippen LogP contribution in [0.4, 0.5) is 11.4 Å². The topological polar surface area (TPSA) is 126 Å². The highest BCUT2D eigenvalue weighted by Crippen LogP contribution is 2.21. The third-order valence-corrected chi connectivity index (χ3v) is 4.63. The van der Waals surface area contributed by atoms with Gasteiger partial charge in [-0.2, -0.15) is 10.2 Å². The van der Waals surface area contributed by atoms with E-state index in [9.17, 15) is 0 Å². The van der Waals surface area contributed by atoms with Crippen LogP contribution in [0.2, 0.25) is 0 Å². The maximum Gasteiger partial charge on any atom is 0.214 e. The van der Waals surface area contributed by atoms with Crippen molar-refractivity contribution >= 4 is 59.2 Å². The van der Waals surface area contributed by atoms with Gasteiger partial charge in [-0.1, -0.05) is 12.1 Å². The van der Waals surface area contributed by atoms with Crippen LogP contribution in [0.3, 0.4) is 0 Å². The predicted molar refractivity (Wildman–Crippen MR) is 122 cm³/mol. The highest BCUT2D eigenvalue weighted by atomic mass is 32.2. The van der Waals surface area contributed by atoms with Gasteiger partial charge in [-0.15, -0.1) is 23.5 Å². The fraction of sp³-hybridized carbons (Fsp3) is 0.111. The normalized spacial score (nSPS) is 12.6. The molecular weight excluding hydrogens is 392 g/mol. The summed E-state index contributed by atoms with van der Waals surface area (Å²) in [5.41, 5.74) is 18.3. The van der Waals surface area contributed by atoms with Crippen molar-refractivity contribution in [3.63, 3.8) is 0 Å². The predicted octanol–water partition coefficient (Wildman–Crippen LogP) is 2.87. The Kier molecular flexibility index (Phi) is 8.89. The van der Waals surface area contributed by atoms with Gasteiger partial charge in [0.2, 0.25) is 11.9 Å². The molecule has 2 aromatic rings. The smallest absolute Gasteiger partial charge is 0.214 e. The second-order valence-electron chi connectivity index (χ2n) is 5.18. The lowest BCUT2D eigenvalue weighted by Crippen LogP contribution is -2.27. The van der Waals surface area contributed by atoms with E-state index in [0.29, 0.717) is 0 Å². The SMILES string of the molecule is CSc1cccc(N=C(N)N/N=C/C=N/NC(N)=Nc2cccc(SC)c2)c1. The van der Waals surface area contributed by atoms with E-state index < -0.39 is 0 Å². The first-order valence-corrected chi connectivity index (χ1v) is 10.6. The molecule has 0 unspecified atom stereocenters. The van der Waals surface area contributed by atoms with Crippen LogP contribution in [0.15, 0.2) is 78.5 Å². The molecule has 0 heterocycles. The molecule has 146 valence electrons. The zero-order valence-electron chi connectivity index (χ0n) is 15.5. The summed E-state index contributed by atoms with van der Waals surface area (Å²) in [6.45, 7) is 0. The molecule has 0 aliphatic carbocycles. The van der Waals surface area contributed by atoms with Crippen molar-refractivity contribution in [3.05, 3.63) is 48.5 Å². The standard InChI is InChI=1S/C18H22N8S2/c1-27-15-7-3-5-13(11-15)23-17(19)25-21-9-10-22-26-18(20)24-14-6-4-8-16(12-14)28-2/h3-12H,1-2H3,(H3,19,23,25)(H3,20,24,26)/b21-9+,22-10+. The molecule has 6 N–H and O–H groups in total. The van der Waals surface area contributed by atoms with Crippen LogP contribution in [0, 0.1) is 0 Å². The molecular formula is C18H22N8S2. The number of aliphatic imine (C=N–C) groups is 2. The van der Waals surface area contributed by atoms with Crippen LogP contribution >= 0.6 is 23.5 Å². The van der Waals surface area contributed by atoms with Crippen molar-refractivity contribution in [1.82, 2.24) is 10.9 Å². The van der Waals surface area contributed by atoms with Gasteiger partial charge in [0, 0.05) is 9.79 Å². The summed E-state index contributed by atoms with van der Waals surface area (Å²) < 4.78 is 0. The second-order valence-corrected chi connectivity index (χ2v) is 6.94. The summed E-state index contributed by atoms with van der Waals surface area (Å²) in [5.74, 6) is 0.344. The van der Waals surface area contributed by atoms with E-state index in [1.807, 2.05) is 61.0 Å². The third kappa shape index (κ3) is 7.72. The maximum absolute atomic E-state index is 5.79. The fourth-order valence-electron chi connectivity index (χ4n) is 1.96. The first-order valence-electron chi connectivity index (χ1n) is 8.14. The molecule has 0 fully saturated rings. The Morgan fingerprint density at radius 3 is 1.61 bits per heavy atom. The lowest BCUT2D eigenvalue weighted by molar-refractivity contribution is 1.01. The van der Waals surface area contributed by atoms with Crippen LogP contribution in [-0.4, -0.2) is 36.9 Å². The minimum absolute atomic E-state index is 0.172. The minimum atomic E-state index is 0.172. The van der Waals surface area contributed by atoms with E-state index in [1.54, 1.807) is 23.5 Å². The molecule has 0 saturated heterocycles. The molecule has 0 aromatic heterocycles. The number of hydrogen-bond acceptors (Lipinski definition) is 6. The molecule has 0 aliphatic rings. The van der Waals surface area contributed by atoms with Crippen LogP contribution in [-0.2, 0) is 0 Å². The lowest BCUT2D eigenvalue weighted by atomic mass is 10.3. The summed E-state index contributed by atoms with van der Waals surface area (Å²) in [4.78, 5) is 10.7. The van der Waals surface area contributed by atoms with Crippen molar-refractivity contribution in [2.24, 2.45) is 31.7 Å². The molecule has 0 saturated carbocycles. The van der Waals surface area contributed by atoms with E-state index in [1.165, 1.54) is 12.4 Å². The molecule has 0 radical (unpaired) electrons. The molecule has 10 heteroatoms. The fourth-order valence-corrected chi connectivity index (χ4v) is 2.87. The molecule has 2 aromatic carbocycles. The molecule has 0 aliphatic heterocycles. The van der Waals surface area contributed by atoms with Crippen LogP contribution in [0.1, 0.15) is 0 Å².